The Balaban J connectivity index is 1.58. The first-order valence-corrected chi connectivity index (χ1v) is 7.59. The van der Waals surface area contributed by atoms with Crippen molar-refractivity contribution < 1.29 is 18.4 Å². The number of rotatable bonds is 3. The molecular formula is C16H18F2N2O2. The zero-order chi connectivity index (χ0) is 15.5. The second kappa shape index (κ2) is 6.42. The number of amides is 1. The predicted molar refractivity (Wildman–Crippen MR) is 77.4 cm³/mol. The molecule has 1 atom stereocenters. The number of nitrogens with zero attached hydrogens (tertiary/aromatic N) is 2. The minimum Gasteiger partial charge on any atom is -0.391 e. The lowest BCUT2D eigenvalue weighted by atomic mass is 10.0. The molecule has 22 heavy (non-hydrogen) atoms. The first-order valence-electron chi connectivity index (χ1n) is 7.59. The van der Waals surface area contributed by atoms with E-state index in [0.717, 1.165) is 32.0 Å². The fourth-order valence-electron chi connectivity index (χ4n) is 2.89. The van der Waals surface area contributed by atoms with Gasteiger partial charge in [0.25, 0.3) is 0 Å². The van der Waals surface area contributed by atoms with Crippen LogP contribution in [-0.4, -0.2) is 35.7 Å². The van der Waals surface area contributed by atoms with E-state index in [9.17, 15) is 13.6 Å². The Morgan fingerprint density at radius 2 is 2.05 bits per heavy atom. The summed E-state index contributed by atoms with van der Waals surface area (Å²) in [6.07, 6.45) is 3.49. The van der Waals surface area contributed by atoms with Crippen LogP contribution >= 0.6 is 0 Å². The third-order valence-corrected chi connectivity index (χ3v) is 4.09. The van der Waals surface area contributed by atoms with E-state index in [4.69, 9.17) is 4.84 Å². The van der Waals surface area contributed by atoms with E-state index in [0.29, 0.717) is 12.1 Å². The second-order valence-electron chi connectivity index (χ2n) is 5.74. The predicted octanol–water partition coefficient (Wildman–Crippen LogP) is 2.86. The van der Waals surface area contributed by atoms with E-state index >= 15 is 0 Å². The van der Waals surface area contributed by atoms with Gasteiger partial charge in [-0.1, -0.05) is 5.16 Å². The Kier molecular flexibility index (Phi) is 4.36. The van der Waals surface area contributed by atoms with Gasteiger partial charge in [-0.25, -0.2) is 8.78 Å². The Morgan fingerprint density at radius 3 is 2.77 bits per heavy atom. The van der Waals surface area contributed by atoms with Gasteiger partial charge >= 0.3 is 0 Å². The molecule has 0 bridgehead atoms. The van der Waals surface area contributed by atoms with Crippen LogP contribution in [0.4, 0.5) is 8.78 Å². The number of benzene rings is 1. The van der Waals surface area contributed by atoms with E-state index < -0.39 is 11.6 Å². The Labute approximate surface area is 127 Å². The number of hydrogen-bond donors (Lipinski definition) is 0. The minimum atomic E-state index is -0.662. The normalized spacial score (nSPS) is 21.5. The van der Waals surface area contributed by atoms with Crippen LogP contribution in [0.15, 0.2) is 23.4 Å². The van der Waals surface area contributed by atoms with Crippen LogP contribution in [0, 0.1) is 11.6 Å². The van der Waals surface area contributed by atoms with Crippen molar-refractivity contribution in [2.75, 3.05) is 13.1 Å². The fourth-order valence-corrected chi connectivity index (χ4v) is 2.89. The molecule has 4 nitrogen and oxygen atoms in total. The number of oxime groups is 1. The quantitative estimate of drug-likeness (QED) is 0.861. The zero-order valence-corrected chi connectivity index (χ0v) is 12.2. The largest absolute Gasteiger partial charge is 0.391 e. The highest BCUT2D eigenvalue weighted by Gasteiger charge is 2.28. The van der Waals surface area contributed by atoms with Gasteiger partial charge in [-0.2, -0.15) is 0 Å². The maximum absolute atomic E-state index is 13.7. The van der Waals surface area contributed by atoms with E-state index in [2.05, 4.69) is 5.16 Å². The average molecular weight is 308 g/mol. The van der Waals surface area contributed by atoms with Crippen molar-refractivity contribution in [2.45, 2.75) is 38.2 Å². The van der Waals surface area contributed by atoms with E-state index in [-0.39, 0.29) is 24.0 Å². The summed E-state index contributed by atoms with van der Waals surface area (Å²) in [6.45, 7) is 1.59. The molecule has 0 aliphatic carbocycles. The first kappa shape index (κ1) is 14.9. The topological polar surface area (TPSA) is 41.9 Å². The summed E-state index contributed by atoms with van der Waals surface area (Å²) in [6, 6.07) is 3.36. The van der Waals surface area contributed by atoms with Gasteiger partial charge in [-0.3, -0.25) is 4.79 Å². The molecule has 2 heterocycles. The van der Waals surface area contributed by atoms with E-state index in [1.54, 1.807) is 0 Å². The summed E-state index contributed by atoms with van der Waals surface area (Å²) in [5.41, 5.74) is 0.656. The van der Waals surface area contributed by atoms with Crippen LogP contribution in [0.3, 0.4) is 0 Å². The van der Waals surface area contributed by atoms with Crippen molar-refractivity contribution in [3.63, 3.8) is 0 Å². The fraction of sp³-hybridized carbons (Fsp3) is 0.500. The van der Waals surface area contributed by atoms with Gasteiger partial charge < -0.3 is 9.74 Å². The highest BCUT2D eigenvalue weighted by Crippen LogP contribution is 2.22. The average Bonchev–Trinajstić information content (AvgIpc) is 2.96. The lowest BCUT2D eigenvalue weighted by Gasteiger charge is -2.27. The molecule has 1 fully saturated rings. The van der Waals surface area contributed by atoms with Gasteiger partial charge in [0, 0.05) is 31.1 Å². The molecule has 1 saturated heterocycles. The Morgan fingerprint density at radius 1 is 1.27 bits per heavy atom. The molecule has 0 unspecified atom stereocenters. The van der Waals surface area contributed by atoms with Gasteiger partial charge in [-0.05, 0) is 31.4 Å². The summed E-state index contributed by atoms with van der Waals surface area (Å²) < 4.78 is 26.7. The van der Waals surface area contributed by atoms with Crippen molar-refractivity contribution in [3.8, 4) is 0 Å². The van der Waals surface area contributed by atoms with Gasteiger partial charge in [0.1, 0.15) is 17.7 Å². The lowest BCUT2D eigenvalue weighted by molar-refractivity contribution is -0.134. The summed E-state index contributed by atoms with van der Waals surface area (Å²) in [5.74, 6) is -1.23. The van der Waals surface area contributed by atoms with Crippen LogP contribution in [0.5, 0.6) is 0 Å². The van der Waals surface area contributed by atoms with Gasteiger partial charge in [0.2, 0.25) is 5.91 Å². The van der Waals surface area contributed by atoms with Crippen molar-refractivity contribution in [2.24, 2.45) is 5.16 Å². The van der Waals surface area contributed by atoms with Crippen LogP contribution in [0.1, 0.15) is 37.7 Å². The molecule has 2 aliphatic rings. The molecule has 0 saturated carbocycles. The van der Waals surface area contributed by atoms with Crippen LogP contribution in [-0.2, 0) is 9.63 Å². The number of hydrogen-bond acceptors (Lipinski definition) is 3. The number of piperidine rings is 1. The molecule has 2 aliphatic heterocycles. The third-order valence-electron chi connectivity index (χ3n) is 4.09. The molecule has 1 aromatic rings. The second-order valence-corrected chi connectivity index (χ2v) is 5.74. The molecule has 0 aromatic heterocycles. The van der Waals surface area contributed by atoms with Crippen molar-refractivity contribution in [1.82, 2.24) is 4.90 Å². The number of carbonyl (C=O) groups excluding carboxylic acids is 1. The molecule has 6 heteroatoms. The molecule has 0 radical (unpaired) electrons. The van der Waals surface area contributed by atoms with Gasteiger partial charge in [0.15, 0.2) is 0 Å². The van der Waals surface area contributed by atoms with Gasteiger partial charge in [-0.15, -0.1) is 0 Å². The molecule has 1 aromatic carbocycles. The Bertz CT molecular complexity index is 598. The highest BCUT2D eigenvalue weighted by atomic mass is 19.1. The maximum Gasteiger partial charge on any atom is 0.226 e. The maximum atomic E-state index is 13.7. The SMILES string of the molecule is O=C(C[C@H]1CC(c2ccc(F)cc2F)=NO1)N1CCCCC1. The molecule has 0 spiro atoms. The van der Waals surface area contributed by atoms with E-state index in [1.807, 2.05) is 4.90 Å². The summed E-state index contributed by atoms with van der Waals surface area (Å²) >= 11 is 0. The molecule has 3 rings (SSSR count). The molecule has 118 valence electrons. The monoisotopic (exact) mass is 308 g/mol. The smallest absolute Gasteiger partial charge is 0.226 e. The summed E-state index contributed by atoms with van der Waals surface area (Å²) in [5, 5.41) is 3.86. The van der Waals surface area contributed by atoms with Gasteiger partial charge in [0.05, 0.1) is 12.1 Å². The van der Waals surface area contributed by atoms with Crippen LogP contribution in [0.2, 0.25) is 0 Å². The zero-order valence-electron chi connectivity index (χ0n) is 12.2. The highest BCUT2D eigenvalue weighted by molar-refractivity contribution is 6.01. The molecule has 0 N–H and O–H groups in total. The standard InChI is InChI=1S/C16H18F2N2O2/c17-11-4-5-13(14(18)8-11)15-9-12(22-19-15)10-16(21)20-6-2-1-3-7-20/h4-5,8,12H,1-3,6-7,9-10H2/t12-/m1/s1. The van der Waals surface area contributed by atoms with Crippen LogP contribution in [0.25, 0.3) is 0 Å². The lowest BCUT2D eigenvalue weighted by Crippen LogP contribution is -2.37. The third kappa shape index (κ3) is 3.26. The molecule has 1 amide bonds. The van der Waals surface area contributed by atoms with Crippen molar-refractivity contribution >= 4 is 11.6 Å². The summed E-state index contributed by atoms with van der Waals surface area (Å²) in [4.78, 5) is 19.3. The number of halogens is 2. The number of carbonyl (C=O) groups is 1. The Hall–Kier alpha value is -1.98. The number of likely N-dealkylation sites (tertiary alicyclic amines) is 1. The van der Waals surface area contributed by atoms with E-state index in [1.165, 1.54) is 18.6 Å². The van der Waals surface area contributed by atoms with Crippen molar-refractivity contribution in [1.29, 1.82) is 0 Å². The summed E-state index contributed by atoms with van der Waals surface area (Å²) in [7, 11) is 0. The van der Waals surface area contributed by atoms with Crippen LogP contribution < -0.4 is 0 Å². The van der Waals surface area contributed by atoms with Crippen molar-refractivity contribution in [3.05, 3.63) is 35.4 Å². The minimum absolute atomic E-state index is 0.0562. The first-order chi connectivity index (χ1) is 10.6. The molecular weight excluding hydrogens is 290 g/mol.